The smallest absolute Gasteiger partial charge is 0.250 e. The molecule has 172 valence electrons. The Hall–Kier alpha value is -4.11. The standard InChI is InChI=1S/C25H23N5O3S/c1-18-7-9-19(10-8-18)24-28-29-25(30(24)20-11-13-21(32-2)14-12-20)34-17-23(31)27-26-15-3-5-22-6-4-16-33-22/h3-16H,17H2,1-2H3,(H,27,31)/b5-3+,26-15-. The van der Waals surface area contributed by atoms with Crippen molar-refractivity contribution in [3.05, 3.63) is 84.3 Å². The minimum atomic E-state index is -0.256. The Balaban J connectivity index is 1.48. The third-order valence-electron chi connectivity index (χ3n) is 4.76. The van der Waals surface area contributed by atoms with Crippen molar-refractivity contribution in [1.29, 1.82) is 0 Å². The Bertz CT molecular complexity index is 1280. The number of thioether (sulfide) groups is 1. The van der Waals surface area contributed by atoms with E-state index in [9.17, 15) is 4.79 Å². The summed E-state index contributed by atoms with van der Waals surface area (Å²) in [6.07, 6.45) is 6.50. The topological polar surface area (TPSA) is 94.5 Å². The lowest BCUT2D eigenvalue weighted by molar-refractivity contribution is -0.118. The van der Waals surface area contributed by atoms with E-state index >= 15 is 0 Å². The van der Waals surface area contributed by atoms with Gasteiger partial charge in [-0.1, -0.05) is 41.6 Å². The minimum Gasteiger partial charge on any atom is -0.497 e. The van der Waals surface area contributed by atoms with Crippen LogP contribution in [0.25, 0.3) is 23.2 Å². The van der Waals surface area contributed by atoms with Crippen LogP contribution in [0.4, 0.5) is 0 Å². The van der Waals surface area contributed by atoms with Crippen LogP contribution >= 0.6 is 11.8 Å². The molecule has 8 nitrogen and oxygen atoms in total. The second kappa shape index (κ2) is 11.2. The Labute approximate surface area is 201 Å². The van der Waals surface area contributed by atoms with Gasteiger partial charge < -0.3 is 9.15 Å². The van der Waals surface area contributed by atoms with Gasteiger partial charge in [-0.15, -0.1) is 10.2 Å². The van der Waals surface area contributed by atoms with Gasteiger partial charge in [0.15, 0.2) is 11.0 Å². The van der Waals surface area contributed by atoms with E-state index in [1.54, 1.807) is 31.6 Å². The van der Waals surface area contributed by atoms with Crippen LogP contribution < -0.4 is 10.2 Å². The number of nitrogens with zero attached hydrogens (tertiary/aromatic N) is 4. The fraction of sp³-hybridized carbons (Fsp3) is 0.120. The number of rotatable bonds is 9. The maximum absolute atomic E-state index is 12.3. The van der Waals surface area contributed by atoms with Gasteiger partial charge in [0, 0.05) is 17.5 Å². The minimum absolute atomic E-state index is 0.126. The highest BCUT2D eigenvalue weighted by Crippen LogP contribution is 2.29. The number of carbonyl (C=O) groups is 1. The van der Waals surface area contributed by atoms with Crippen molar-refractivity contribution in [3.8, 4) is 22.8 Å². The maximum Gasteiger partial charge on any atom is 0.250 e. The molecule has 0 bridgehead atoms. The summed E-state index contributed by atoms with van der Waals surface area (Å²) in [4.78, 5) is 12.3. The molecule has 2 aromatic heterocycles. The number of ether oxygens (including phenoxy) is 1. The molecule has 0 spiro atoms. The molecule has 0 radical (unpaired) electrons. The van der Waals surface area contributed by atoms with E-state index in [4.69, 9.17) is 9.15 Å². The number of furan rings is 1. The van der Waals surface area contributed by atoms with Crippen molar-refractivity contribution in [2.24, 2.45) is 5.10 Å². The molecular weight excluding hydrogens is 450 g/mol. The summed E-state index contributed by atoms with van der Waals surface area (Å²) in [5.41, 5.74) is 5.46. The normalized spacial score (nSPS) is 11.4. The summed E-state index contributed by atoms with van der Waals surface area (Å²) in [7, 11) is 1.63. The number of aryl methyl sites for hydroxylation is 1. The van der Waals surface area contributed by atoms with Crippen LogP contribution in [-0.4, -0.2) is 39.7 Å². The fourth-order valence-electron chi connectivity index (χ4n) is 3.06. The molecule has 0 aliphatic carbocycles. The molecule has 4 aromatic rings. The Morgan fingerprint density at radius 1 is 1.15 bits per heavy atom. The number of aromatic nitrogens is 3. The van der Waals surface area contributed by atoms with Gasteiger partial charge in [0.2, 0.25) is 0 Å². The zero-order valence-corrected chi connectivity index (χ0v) is 19.5. The molecule has 0 saturated carbocycles. The highest BCUT2D eigenvalue weighted by atomic mass is 32.2. The number of benzene rings is 2. The van der Waals surface area contributed by atoms with Gasteiger partial charge in [-0.3, -0.25) is 9.36 Å². The number of carbonyl (C=O) groups excluding carboxylic acids is 1. The first-order chi connectivity index (χ1) is 16.6. The molecule has 2 aromatic carbocycles. The molecule has 0 atom stereocenters. The molecule has 0 aliphatic rings. The molecule has 0 fully saturated rings. The lowest BCUT2D eigenvalue weighted by atomic mass is 10.1. The predicted octanol–water partition coefficient (Wildman–Crippen LogP) is 4.75. The van der Waals surface area contributed by atoms with Crippen molar-refractivity contribution in [1.82, 2.24) is 20.2 Å². The summed E-state index contributed by atoms with van der Waals surface area (Å²) in [5.74, 6) is 2.02. The number of hydrogen-bond donors (Lipinski definition) is 1. The fourth-order valence-corrected chi connectivity index (χ4v) is 3.80. The van der Waals surface area contributed by atoms with E-state index in [0.29, 0.717) is 16.7 Å². The maximum atomic E-state index is 12.3. The number of allylic oxidation sites excluding steroid dienone is 1. The molecule has 4 rings (SSSR count). The lowest BCUT2D eigenvalue weighted by Crippen LogP contribution is -2.19. The van der Waals surface area contributed by atoms with Gasteiger partial charge in [-0.25, -0.2) is 5.43 Å². The van der Waals surface area contributed by atoms with Crippen LogP contribution in [-0.2, 0) is 4.79 Å². The predicted molar refractivity (Wildman–Crippen MR) is 133 cm³/mol. The SMILES string of the molecule is COc1ccc(-n2c(SCC(=O)N/N=C\C=C\c3ccco3)nnc2-c2ccc(C)cc2)cc1. The van der Waals surface area contributed by atoms with Crippen LogP contribution in [0.15, 0.2) is 87.7 Å². The monoisotopic (exact) mass is 473 g/mol. The third-order valence-corrected chi connectivity index (χ3v) is 5.69. The highest BCUT2D eigenvalue weighted by Gasteiger charge is 2.17. The third kappa shape index (κ3) is 5.81. The van der Waals surface area contributed by atoms with E-state index in [-0.39, 0.29) is 11.7 Å². The van der Waals surface area contributed by atoms with Gasteiger partial charge in [0.25, 0.3) is 5.91 Å². The summed E-state index contributed by atoms with van der Waals surface area (Å²) >= 11 is 1.28. The van der Waals surface area contributed by atoms with Gasteiger partial charge >= 0.3 is 0 Å². The van der Waals surface area contributed by atoms with E-state index < -0.39 is 0 Å². The van der Waals surface area contributed by atoms with Gasteiger partial charge in [-0.2, -0.15) is 5.10 Å². The number of hydrazone groups is 1. The summed E-state index contributed by atoms with van der Waals surface area (Å²) in [6.45, 7) is 2.03. The van der Waals surface area contributed by atoms with Crippen LogP contribution in [0.5, 0.6) is 5.75 Å². The van der Waals surface area contributed by atoms with Crippen molar-refractivity contribution >= 4 is 30.0 Å². The van der Waals surface area contributed by atoms with Gasteiger partial charge in [0.1, 0.15) is 11.5 Å². The molecule has 0 unspecified atom stereocenters. The summed E-state index contributed by atoms with van der Waals surface area (Å²) < 4.78 is 12.4. The Kier molecular flexibility index (Phi) is 7.56. The lowest BCUT2D eigenvalue weighted by Gasteiger charge is -2.11. The quantitative estimate of drug-likeness (QED) is 0.214. The number of hydrogen-bond acceptors (Lipinski definition) is 7. The van der Waals surface area contributed by atoms with Crippen molar-refractivity contribution in [3.63, 3.8) is 0 Å². The molecular formula is C25H23N5O3S. The van der Waals surface area contributed by atoms with Crippen LogP contribution in [0, 0.1) is 6.92 Å². The first-order valence-corrected chi connectivity index (χ1v) is 11.4. The molecule has 0 saturated heterocycles. The Morgan fingerprint density at radius 3 is 2.65 bits per heavy atom. The van der Waals surface area contributed by atoms with Gasteiger partial charge in [-0.05, 0) is 55.5 Å². The second-order valence-corrected chi connectivity index (χ2v) is 8.12. The van der Waals surface area contributed by atoms with E-state index in [1.165, 1.54) is 18.0 Å². The average Bonchev–Trinajstić information content (AvgIpc) is 3.53. The van der Waals surface area contributed by atoms with Crippen LogP contribution in [0.1, 0.15) is 11.3 Å². The summed E-state index contributed by atoms with van der Waals surface area (Å²) in [6, 6.07) is 19.3. The first-order valence-electron chi connectivity index (χ1n) is 10.5. The van der Waals surface area contributed by atoms with Crippen molar-refractivity contribution in [2.45, 2.75) is 12.1 Å². The molecule has 2 heterocycles. The molecule has 34 heavy (non-hydrogen) atoms. The average molecular weight is 474 g/mol. The Morgan fingerprint density at radius 2 is 1.94 bits per heavy atom. The zero-order chi connectivity index (χ0) is 23.8. The molecule has 9 heteroatoms. The second-order valence-electron chi connectivity index (χ2n) is 7.18. The van der Waals surface area contributed by atoms with E-state index in [1.807, 2.05) is 66.1 Å². The molecule has 1 N–H and O–H groups in total. The molecule has 1 amide bonds. The van der Waals surface area contributed by atoms with E-state index in [2.05, 4.69) is 20.7 Å². The van der Waals surface area contributed by atoms with Crippen LogP contribution in [0.3, 0.4) is 0 Å². The van der Waals surface area contributed by atoms with Crippen LogP contribution in [0.2, 0.25) is 0 Å². The van der Waals surface area contributed by atoms with Crippen molar-refractivity contribution in [2.75, 3.05) is 12.9 Å². The largest absolute Gasteiger partial charge is 0.497 e. The zero-order valence-electron chi connectivity index (χ0n) is 18.7. The summed E-state index contributed by atoms with van der Waals surface area (Å²) in [5, 5.41) is 13.3. The molecule has 0 aliphatic heterocycles. The van der Waals surface area contributed by atoms with Crippen molar-refractivity contribution < 1.29 is 13.9 Å². The number of methoxy groups -OCH3 is 1. The first kappa shape index (κ1) is 23.1. The van der Waals surface area contributed by atoms with E-state index in [0.717, 1.165) is 22.6 Å². The van der Waals surface area contributed by atoms with Gasteiger partial charge in [0.05, 0.1) is 19.1 Å². The highest BCUT2D eigenvalue weighted by molar-refractivity contribution is 7.99. The number of nitrogens with one attached hydrogen (secondary N) is 1. The number of amides is 1.